The van der Waals surface area contributed by atoms with Crippen molar-refractivity contribution in [2.75, 3.05) is 13.4 Å². The van der Waals surface area contributed by atoms with Gasteiger partial charge in [-0.1, -0.05) is 12.1 Å². The number of aliphatic hydroxyl groups is 1. The molecule has 0 aliphatic carbocycles. The number of hydrogen-bond donors (Lipinski definition) is 2. The highest BCUT2D eigenvalue weighted by Gasteiger charge is 2.17. The Morgan fingerprint density at radius 3 is 2.63 bits per heavy atom. The van der Waals surface area contributed by atoms with Crippen molar-refractivity contribution in [2.45, 2.75) is 23.8 Å². The van der Waals surface area contributed by atoms with Crippen LogP contribution in [0, 0.1) is 0 Å². The summed E-state index contributed by atoms with van der Waals surface area (Å²) in [5.41, 5.74) is 1.26. The molecule has 0 fully saturated rings. The molecule has 19 heavy (non-hydrogen) atoms. The zero-order valence-electron chi connectivity index (χ0n) is 10.8. The van der Waals surface area contributed by atoms with E-state index >= 15 is 0 Å². The fourth-order valence-corrected chi connectivity index (χ4v) is 2.31. The summed E-state index contributed by atoms with van der Waals surface area (Å²) in [5.74, 6) is -1.57. The molecule has 104 valence electrons. The molecule has 0 heterocycles. The van der Waals surface area contributed by atoms with Gasteiger partial charge in [-0.3, -0.25) is 4.79 Å². The van der Waals surface area contributed by atoms with Gasteiger partial charge >= 0.3 is 11.9 Å². The van der Waals surface area contributed by atoms with Crippen molar-refractivity contribution in [3.8, 4) is 0 Å². The number of ether oxygens (including phenoxy) is 1. The summed E-state index contributed by atoms with van der Waals surface area (Å²) in [7, 11) is 1.34. The van der Waals surface area contributed by atoms with Gasteiger partial charge in [0, 0.05) is 11.3 Å². The van der Waals surface area contributed by atoms with Gasteiger partial charge in [-0.05, 0) is 29.9 Å². The summed E-state index contributed by atoms with van der Waals surface area (Å²) < 4.78 is 4.58. The fourth-order valence-electron chi connectivity index (χ4n) is 1.62. The van der Waals surface area contributed by atoms with E-state index in [4.69, 9.17) is 5.11 Å². The highest BCUT2D eigenvalue weighted by molar-refractivity contribution is 7.98. The van der Waals surface area contributed by atoms with Crippen LogP contribution in [0.25, 0.3) is 0 Å². The molecule has 0 aliphatic heterocycles. The van der Waals surface area contributed by atoms with Gasteiger partial charge in [-0.15, -0.1) is 11.8 Å². The van der Waals surface area contributed by atoms with Crippen LogP contribution in [0.5, 0.6) is 0 Å². The number of thioether (sulfide) groups is 1. The number of carbonyl (C=O) groups excluding carboxylic acids is 1. The second kappa shape index (κ2) is 7.16. The number of methoxy groups -OCH3 is 1. The fraction of sp³-hybridized carbons (Fsp3) is 0.385. The van der Waals surface area contributed by atoms with Crippen molar-refractivity contribution < 1.29 is 24.5 Å². The van der Waals surface area contributed by atoms with Gasteiger partial charge in [0.1, 0.15) is 0 Å². The number of hydrogen-bond acceptors (Lipinski definition) is 5. The predicted molar refractivity (Wildman–Crippen MR) is 71.2 cm³/mol. The van der Waals surface area contributed by atoms with E-state index in [1.54, 1.807) is 18.2 Å². The van der Waals surface area contributed by atoms with E-state index in [2.05, 4.69) is 4.74 Å². The number of aliphatic hydroxyl groups excluding tert-OH is 1. The maximum absolute atomic E-state index is 11.1. The standard InChI is InChI=1S/C13H16O5S/c1-18-11(14)6-5-8-3-4-9(7-10(8)19-2)12(15)13(16)17/h3-4,7,12,15H,5-6H2,1-2H3,(H,16,17). The van der Waals surface area contributed by atoms with Crippen molar-refractivity contribution in [3.05, 3.63) is 29.3 Å². The van der Waals surface area contributed by atoms with E-state index in [-0.39, 0.29) is 12.4 Å². The van der Waals surface area contributed by atoms with Gasteiger partial charge in [-0.2, -0.15) is 0 Å². The van der Waals surface area contributed by atoms with Crippen LogP contribution in [-0.2, 0) is 20.7 Å². The van der Waals surface area contributed by atoms with Gasteiger partial charge in [-0.25, -0.2) is 4.79 Å². The van der Waals surface area contributed by atoms with Crippen LogP contribution in [0.1, 0.15) is 23.7 Å². The number of benzene rings is 1. The Bertz CT molecular complexity index is 472. The molecule has 0 saturated carbocycles. The first-order valence-corrected chi connectivity index (χ1v) is 6.86. The van der Waals surface area contributed by atoms with Crippen LogP contribution in [0.4, 0.5) is 0 Å². The van der Waals surface area contributed by atoms with E-state index in [1.807, 2.05) is 6.26 Å². The van der Waals surface area contributed by atoms with Crippen molar-refractivity contribution in [1.82, 2.24) is 0 Å². The molecule has 1 aromatic rings. The van der Waals surface area contributed by atoms with E-state index < -0.39 is 12.1 Å². The number of carboxylic acid groups (broad SMARTS) is 1. The summed E-state index contributed by atoms with van der Waals surface area (Å²) >= 11 is 1.44. The molecule has 0 spiro atoms. The third-order valence-electron chi connectivity index (χ3n) is 2.69. The Balaban J connectivity index is 2.90. The molecule has 0 radical (unpaired) electrons. The van der Waals surface area contributed by atoms with Crippen LogP contribution in [0.2, 0.25) is 0 Å². The monoisotopic (exact) mass is 284 g/mol. The molecule has 6 heteroatoms. The van der Waals surface area contributed by atoms with E-state index in [0.717, 1.165) is 10.5 Å². The Labute approximate surface area is 115 Å². The smallest absolute Gasteiger partial charge is 0.337 e. The quantitative estimate of drug-likeness (QED) is 0.610. The Kier molecular flexibility index (Phi) is 5.85. The van der Waals surface area contributed by atoms with Gasteiger partial charge in [0.15, 0.2) is 6.10 Å². The molecule has 5 nitrogen and oxygen atoms in total. The number of rotatable bonds is 6. The summed E-state index contributed by atoms with van der Waals surface area (Å²) in [6, 6.07) is 4.93. The SMILES string of the molecule is COC(=O)CCc1ccc(C(O)C(=O)O)cc1SC. The van der Waals surface area contributed by atoms with Crippen LogP contribution in [0.15, 0.2) is 23.1 Å². The van der Waals surface area contributed by atoms with Crippen LogP contribution >= 0.6 is 11.8 Å². The number of esters is 1. The average Bonchev–Trinajstić information content (AvgIpc) is 2.43. The zero-order chi connectivity index (χ0) is 14.4. The molecule has 1 atom stereocenters. The molecule has 2 N–H and O–H groups in total. The lowest BCUT2D eigenvalue weighted by molar-refractivity contribution is -0.147. The molecule has 0 saturated heterocycles. The highest BCUT2D eigenvalue weighted by atomic mass is 32.2. The van der Waals surface area contributed by atoms with Crippen LogP contribution in [0.3, 0.4) is 0 Å². The topological polar surface area (TPSA) is 83.8 Å². The molecule has 1 aromatic carbocycles. The van der Waals surface area contributed by atoms with E-state index in [0.29, 0.717) is 12.0 Å². The third-order valence-corrected chi connectivity index (χ3v) is 3.51. The molecular formula is C13H16O5S. The minimum atomic E-state index is -1.53. The number of aryl methyl sites for hydroxylation is 1. The van der Waals surface area contributed by atoms with Crippen LogP contribution in [-0.4, -0.2) is 35.5 Å². The van der Waals surface area contributed by atoms with Crippen molar-refractivity contribution in [3.63, 3.8) is 0 Å². The summed E-state index contributed by atoms with van der Waals surface area (Å²) in [4.78, 5) is 22.7. The van der Waals surface area contributed by atoms with Crippen LogP contribution < -0.4 is 0 Å². The molecule has 0 aliphatic rings. The normalized spacial score (nSPS) is 11.9. The third kappa shape index (κ3) is 4.25. The molecular weight excluding hydrogens is 268 g/mol. The molecule has 1 unspecified atom stereocenters. The summed E-state index contributed by atoms with van der Waals surface area (Å²) in [6.07, 6.45) is 1.12. The zero-order valence-corrected chi connectivity index (χ0v) is 11.6. The Hall–Kier alpha value is -1.53. The first kappa shape index (κ1) is 15.5. The Morgan fingerprint density at radius 1 is 1.42 bits per heavy atom. The lowest BCUT2D eigenvalue weighted by atomic mass is 10.0. The first-order valence-electron chi connectivity index (χ1n) is 5.64. The predicted octanol–water partition coefficient (Wildman–Crippen LogP) is 1.63. The molecule has 0 aromatic heterocycles. The minimum Gasteiger partial charge on any atom is -0.479 e. The van der Waals surface area contributed by atoms with Crippen molar-refractivity contribution in [1.29, 1.82) is 0 Å². The minimum absolute atomic E-state index is 0.269. The number of aliphatic carboxylic acids is 1. The van der Waals surface area contributed by atoms with Gasteiger partial charge in [0.05, 0.1) is 7.11 Å². The number of carboxylic acids is 1. The average molecular weight is 284 g/mol. The second-order valence-electron chi connectivity index (χ2n) is 3.89. The first-order chi connectivity index (χ1) is 8.99. The van der Waals surface area contributed by atoms with Gasteiger partial charge in [0.2, 0.25) is 0 Å². The Morgan fingerprint density at radius 2 is 2.11 bits per heavy atom. The lowest BCUT2D eigenvalue weighted by Gasteiger charge is -2.11. The maximum Gasteiger partial charge on any atom is 0.337 e. The summed E-state index contributed by atoms with van der Waals surface area (Å²) in [6.45, 7) is 0. The summed E-state index contributed by atoms with van der Waals surface area (Å²) in [5, 5.41) is 18.2. The number of carbonyl (C=O) groups is 2. The molecule has 0 amide bonds. The van der Waals surface area contributed by atoms with Crippen molar-refractivity contribution in [2.24, 2.45) is 0 Å². The second-order valence-corrected chi connectivity index (χ2v) is 4.74. The van der Waals surface area contributed by atoms with E-state index in [9.17, 15) is 14.7 Å². The van der Waals surface area contributed by atoms with Crippen molar-refractivity contribution >= 4 is 23.7 Å². The van der Waals surface area contributed by atoms with E-state index in [1.165, 1.54) is 18.9 Å². The molecule has 1 rings (SSSR count). The largest absolute Gasteiger partial charge is 0.479 e. The van der Waals surface area contributed by atoms with Gasteiger partial charge in [0.25, 0.3) is 0 Å². The maximum atomic E-state index is 11.1. The van der Waals surface area contributed by atoms with Gasteiger partial charge < -0.3 is 14.9 Å². The highest BCUT2D eigenvalue weighted by Crippen LogP contribution is 2.26. The molecule has 0 bridgehead atoms. The lowest BCUT2D eigenvalue weighted by Crippen LogP contribution is -2.11.